The first-order valence-corrected chi connectivity index (χ1v) is 11.4. The van der Waals surface area contributed by atoms with E-state index in [4.69, 9.17) is 0 Å². The largest absolute Gasteiger partial charge is 0.345 e. The molecule has 1 amide bonds. The fourth-order valence-corrected chi connectivity index (χ4v) is 3.80. The fraction of sp³-hybridized carbons (Fsp3) is 0.370. The van der Waals surface area contributed by atoms with E-state index in [9.17, 15) is 9.18 Å². The Morgan fingerprint density at radius 3 is 2.32 bits per heavy atom. The summed E-state index contributed by atoms with van der Waals surface area (Å²) in [6.45, 7) is 4.04. The third-order valence-electron chi connectivity index (χ3n) is 5.61. The molecule has 0 aliphatic rings. The van der Waals surface area contributed by atoms with Crippen molar-refractivity contribution in [2.24, 2.45) is 0 Å². The summed E-state index contributed by atoms with van der Waals surface area (Å²) in [6, 6.07) is 20.8. The van der Waals surface area contributed by atoms with Crippen molar-refractivity contribution in [3.8, 4) is 0 Å². The van der Waals surface area contributed by atoms with Crippen LogP contribution in [0.15, 0.2) is 72.9 Å². The molecule has 0 spiro atoms. The van der Waals surface area contributed by atoms with Crippen LogP contribution in [-0.2, 0) is 24.4 Å². The first kappa shape index (κ1) is 22.8. The van der Waals surface area contributed by atoms with Gasteiger partial charge < -0.3 is 9.47 Å². The van der Waals surface area contributed by atoms with Crippen LogP contribution >= 0.6 is 0 Å². The average molecular weight is 421 g/mol. The maximum Gasteiger partial charge on any atom is 0.223 e. The Bertz CT molecular complexity index is 918. The molecule has 1 heterocycles. The molecule has 3 aromatic rings. The van der Waals surface area contributed by atoms with Gasteiger partial charge in [0.1, 0.15) is 5.82 Å². The van der Waals surface area contributed by atoms with E-state index in [0.717, 1.165) is 29.7 Å². The van der Waals surface area contributed by atoms with E-state index in [0.29, 0.717) is 26.1 Å². The molecule has 0 saturated carbocycles. The van der Waals surface area contributed by atoms with Gasteiger partial charge in [0.2, 0.25) is 5.91 Å². The number of aromatic nitrogens is 1. The molecule has 4 heteroatoms. The highest BCUT2D eigenvalue weighted by Crippen LogP contribution is 2.16. The van der Waals surface area contributed by atoms with Crippen LogP contribution in [0.4, 0.5) is 4.39 Å². The lowest BCUT2D eigenvalue weighted by Crippen LogP contribution is -2.30. The van der Waals surface area contributed by atoms with Crippen LogP contribution in [0.3, 0.4) is 0 Å². The molecule has 0 saturated heterocycles. The summed E-state index contributed by atoms with van der Waals surface area (Å²) in [5, 5.41) is 0. The van der Waals surface area contributed by atoms with Crippen molar-refractivity contribution in [3.63, 3.8) is 0 Å². The Labute approximate surface area is 185 Å². The van der Waals surface area contributed by atoms with E-state index in [1.165, 1.54) is 31.4 Å². The van der Waals surface area contributed by atoms with Crippen molar-refractivity contribution in [1.82, 2.24) is 9.47 Å². The van der Waals surface area contributed by atoms with Gasteiger partial charge in [0.05, 0.1) is 6.54 Å². The smallest absolute Gasteiger partial charge is 0.223 e. The van der Waals surface area contributed by atoms with Crippen molar-refractivity contribution < 1.29 is 9.18 Å². The van der Waals surface area contributed by atoms with E-state index >= 15 is 0 Å². The molecule has 2 aromatic carbocycles. The number of halogens is 1. The summed E-state index contributed by atoms with van der Waals surface area (Å²) >= 11 is 0. The highest BCUT2D eigenvalue weighted by molar-refractivity contribution is 5.76. The summed E-state index contributed by atoms with van der Waals surface area (Å²) in [5.74, 6) is -0.0232. The minimum Gasteiger partial charge on any atom is -0.345 e. The summed E-state index contributed by atoms with van der Waals surface area (Å²) < 4.78 is 15.4. The normalized spacial score (nSPS) is 10.9. The van der Waals surface area contributed by atoms with Gasteiger partial charge in [-0.1, -0.05) is 75.1 Å². The van der Waals surface area contributed by atoms with E-state index < -0.39 is 0 Å². The predicted molar refractivity (Wildman–Crippen MR) is 124 cm³/mol. The van der Waals surface area contributed by atoms with Crippen molar-refractivity contribution in [2.45, 2.75) is 65.1 Å². The number of benzene rings is 2. The molecular formula is C27H33FN2O. The van der Waals surface area contributed by atoms with Crippen molar-refractivity contribution in [1.29, 1.82) is 0 Å². The van der Waals surface area contributed by atoms with E-state index in [2.05, 4.69) is 29.7 Å². The quantitative estimate of drug-likeness (QED) is 0.304. The highest BCUT2D eigenvalue weighted by Gasteiger charge is 2.16. The van der Waals surface area contributed by atoms with Gasteiger partial charge in [-0.05, 0) is 41.8 Å². The monoisotopic (exact) mass is 420 g/mol. The summed E-state index contributed by atoms with van der Waals surface area (Å²) in [7, 11) is 0. The molecule has 0 radical (unpaired) electrons. The number of carbonyl (C=O) groups is 1. The standard InChI is InChI=1S/C27H33FN2O/c1-2-3-4-5-9-14-27(31)30(21-23-11-7-6-8-12-23)22-26-13-10-19-29(26)20-24-15-17-25(28)18-16-24/h6-8,10-13,15-19H,2-5,9,14,20-22H2,1H3. The lowest BCUT2D eigenvalue weighted by Gasteiger charge is -2.24. The van der Waals surface area contributed by atoms with Gasteiger partial charge in [0.15, 0.2) is 0 Å². The number of carbonyl (C=O) groups excluding carboxylic acids is 1. The van der Waals surface area contributed by atoms with Gasteiger partial charge in [-0.3, -0.25) is 4.79 Å². The van der Waals surface area contributed by atoms with E-state index in [1.807, 2.05) is 47.5 Å². The number of unbranched alkanes of at least 4 members (excludes halogenated alkanes) is 4. The van der Waals surface area contributed by atoms with Crippen molar-refractivity contribution in [2.75, 3.05) is 0 Å². The van der Waals surface area contributed by atoms with Crippen molar-refractivity contribution >= 4 is 5.91 Å². The Hall–Kier alpha value is -2.88. The van der Waals surface area contributed by atoms with E-state index in [-0.39, 0.29) is 11.7 Å². The minimum absolute atomic E-state index is 0.204. The van der Waals surface area contributed by atoms with Crippen molar-refractivity contribution in [3.05, 3.63) is 95.6 Å². The van der Waals surface area contributed by atoms with Crippen LogP contribution in [0.2, 0.25) is 0 Å². The van der Waals surface area contributed by atoms with Gasteiger partial charge in [0, 0.05) is 31.4 Å². The van der Waals surface area contributed by atoms with Gasteiger partial charge in [-0.15, -0.1) is 0 Å². The molecule has 31 heavy (non-hydrogen) atoms. The minimum atomic E-state index is -0.227. The Balaban J connectivity index is 1.68. The lowest BCUT2D eigenvalue weighted by atomic mass is 10.1. The second-order valence-corrected chi connectivity index (χ2v) is 8.15. The Kier molecular flexibility index (Phi) is 8.89. The zero-order valence-electron chi connectivity index (χ0n) is 18.5. The highest BCUT2D eigenvalue weighted by atomic mass is 19.1. The molecule has 3 nitrogen and oxygen atoms in total. The number of rotatable bonds is 12. The van der Waals surface area contributed by atoms with Crippen LogP contribution < -0.4 is 0 Å². The maximum absolute atomic E-state index is 13.2. The molecule has 3 rings (SSSR count). The molecule has 1 aromatic heterocycles. The molecule has 0 aliphatic heterocycles. The number of hydrogen-bond acceptors (Lipinski definition) is 1. The Morgan fingerprint density at radius 2 is 1.58 bits per heavy atom. The number of amides is 1. The fourth-order valence-electron chi connectivity index (χ4n) is 3.80. The first-order valence-electron chi connectivity index (χ1n) is 11.4. The molecule has 0 unspecified atom stereocenters. The summed E-state index contributed by atoms with van der Waals surface area (Å²) in [4.78, 5) is 15.1. The number of nitrogens with zero attached hydrogens (tertiary/aromatic N) is 2. The second-order valence-electron chi connectivity index (χ2n) is 8.15. The lowest BCUT2D eigenvalue weighted by molar-refractivity contribution is -0.132. The summed E-state index contributed by atoms with van der Waals surface area (Å²) in [6.07, 6.45) is 8.31. The third-order valence-corrected chi connectivity index (χ3v) is 5.61. The van der Waals surface area contributed by atoms with Crippen LogP contribution in [0.25, 0.3) is 0 Å². The van der Waals surface area contributed by atoms with Crippen LogP contribution in [0.5, 0.6) is 0 Å². The SMILES string of the molecule is CCCCCCCC(=O)N(Cc1ccccc1)Cc1cccn1Cc1ccc(F)cc1. The van der Waals surface area contributed by atoms with E-state index in [1.54, 1.807) is 0 Å². The molecule has 0 fully saturated rings. The Morgan fingerprint density at radius 1 is 0.839 bits per heavy atom. The first-order chi connectivity index (χ1) is 15.2. The third kappa shape index (κ3) is 7.39. The van der Waals surface area contributed by atoms with Gasteiger partial charge in [0.25, 0.3) is 0 Å². The van der Waals surface area contributed by atoms with Crippen LogP contribution in [0.1, 0.15) is 62.3 Å². The number of hydrogen-bond donors (Lipinski definition) is 0. The molecule has 0 aliphatic carbocycles. The van der Waals surface area contributed by atoms with Gasteiger partial charge in [-0.2, -0.15) is 0 Å². The predicted octanol–water partition coefficient (Wildman–Crippen LogP) is 6.56. The molecule has 0 bridgehead atoms. The maximum atomic E-state index is 13.2. The topological polar surface area (TPSA) is 25.2 Å². The summed E-state index contributed by atoms with van der Waals surface area (Å²) in [5.41, 5.74) is 3.26. The van der Waals surface area contributed by atoms with Crippen LogP contribution in [-0.4, -0.2) is 15.4 Å². The van der Waals surface area contributed by atoms with Gasteiger partial charge in [-0.25, -0.2) is 4.39 Å². The molecule has 164 valence electrons. The van der Waals surface area contributed by atoms with Gasteiger partial charge >= 0.3 is 0 Å². The zero-order chi connectivity index (χ0) is 21.9. The van der Waals surface area contributed by atoms with Crippen LogP contribution in [0, 0.1) is 5.82 Å². The second kappa shape index (κ2) is 12.1. The molecule has 0 atom stereocenters. The zero-order valence-corrected chi connectivity index (χ0v) is 18.5. The molecular weight excluding hydrogens is 387 g/mol. The average Bonchev–Trinajstić information content (AvgIpc) is 3.22. The molecule has 0 N–H and O–H groups in total.